The lowest BCUT2D eigenvalue weighted by molar-refractivity contribution is 0.621. The molecule has 284 valence electrons. The number of para-hydroxylation sites is 1. The third kappa shape index (κ3) is 5.27. The highest BCUT2D eigenvalue weighted by atomic mass is 16.4. The van der Waals surface area contributed by atoms with Crippen LogP contribution in [0, 0.1) is 0 Å². The lowest BCUT2D eigenvalue weighted by Gasteiger charge is -2.28. The van der Waals surface area contributed by atoms with Gasteiger partial charge >= 0.3 is 0 Å². The molecule has 0 saturated carbocycles. The Labute approximate surface area is 347 Å². The van der Waals surface area contributed by atoms with Crippen molar-refractivity contribution < 1.29 is 8.83 Å². The van der Waals surface area contributed by atoms with Gasteiger partial charge in [-0.15, -0.1) is 0 Å². The van der Waals surface area contributed by atoms with Gasteiger partial charge in [-0.3, -0.25) is 0 Å². The molecule has 2 heterocycles. The van der Waals surface area contributed by atoms with Crippen molar-refractivity contribution in [3.05, 3.63) is 205 Å². The van der Waals surface area contributed by atoms with E-state index in [9.17, 15) is 0 Å². The second-order valence-corrected chi connectivity index (χ2v) is 16.3. The van der Waals surface area contributed by atoms with E-state index in [2.05, 4.69) is 164 Å². The monoisotopic (exact) mass is 770 g/mol. The predicted octanol–water partition coefficient (Wildman–Crippen LogP) is 15.7. The summed E-state index contributed by atoms with van der Waals surface area (Å²) in [5, 5.41) is 4.52. The molecule has 0 fully saturated rings. The average Bonchev–Trinajstić information content (AvgIpc) is 3.96. The van der Waals surface area contributed by atoms with E-state index in [0.29, 0.717) is 5.89 Å². The van der Waals surface area contributed by atoms with Crippen molar-refractivity contribution in [3.8, 4) is 44.8 Å². The maximum atomic E-state index is 6.69. The Balaban J connectivity index is 1.05. The number of fused-ring (bicyclic) bond motifs is 8. The summed E-state index contributed by atoms with van der Waals surface area (Å²) >= 11 is 0. The van der Waals surface area contributed by atoms with Crippen molar-refractivity contribution in [1.29, 1.82) is 0 Å². The van der Waals surface area contributed by atoms with Crippen LogP contribution in [-0.2, 0) is 5.41 Å². The van der Waals surface area contributed by atoms with Gasteiger partial charge in [0.25, 0.3) is 0 Å². The van der Waals surface area contributed by atoms with E-state index in [4.69, 9.17) is 13.8 Å². The minimum absolute atomic E-state index is 0.0874. The summed E-state index contributed by atoms with van der Waals surface area (Å²) in [5.41, 5.74) is 16.8. The van der Waals surface area contributed by atoms with Gasteiger partial charge in [-0.05, 0) is 104 Å². The van der Waals surface area contributed by atoms with Gasteiger partial charge in [0.2, 0.25) is 5.89 Å². The highest BCUT2D eigenvalue weighted by Gasteiger charge is 2.35. The molecule has 11 aromatic rings. The summed E-state index contributed by atoms with van der Waals surface area (Å²) in [5.74, 6) is 0.582. The first kappa shape index (κ1) is 34.4. The minimum atomic E-state index is -0.0874. The third-order valence-electron chi connectivity index (χ3n) is 12.5. The predicted molar refractivity (Wildman–Crippen MR) is 247 cm³/mol. The van der Waals surface area contributed by atoms with Gasteiger partial charge in [0.05, 0.1) is 0 Å². The standard InChI is InChI=1S/C56H38N2O2/c1-56(2)47-24-10-8-21-44(47)46-33-41(30-31-48(46)56)58(40-19-12-18-38(32-40)43-23-13-17-35-14-6-7-20-42(35)43)39-28-26-36(27-29-39)52-53-45-22-9-11-25-50(45)59-51(53)34-49-54(52)60-55(57-49)37-15-4-3-5-16-37/h3-34H,1-2H3. The lowest BCUT2D eigenvalue weighted by Crippen LogP contribution is -2.15. The maximum absolute atomic E-state index is 6.69. The average molecular weight is 771 g/mol. The number of oxazole rings is 1. The van der Waals surface area contributed by atoms with Gasteiger partial charge in [-0.2, -0.15) is 0 Å². The summed E-state index contributed by atoms with van der Waals surface area (Å²) < 4.78 is 13.2. The Hall–Kier alpha value is -7.69. The van der Waals surface area contributed by atoms with Crippen LogP contribution in [0.2, 0.25) is 0 Å². The van der Waals surface area contributed by atoms with Crippen LogP contribution in [0.25, 0.3) is 88.6 Å². The number of hydrogen-bond acceptors (Lipinski definition) is 4. The molecular weight excluding hydrogens is 733 g/mol. The van der Waals surface area contributed by atoms with Crippen molar-refractivity contribution in [2.24, 2.45) is 0 Å². The molecule has 0 unspecified atom stereocenters. The third-order valence-corrected chi connectivity index (χ3v) is 12.5. The van der Waals surface area contributed by atoms with Gasteiger partial charge in [0, 0.05) is 50.4 Å². The maximum Gasteiger partial charge on any atom is 0.227 e. The molecule has 0 bridgehead atoms. The largest absolute Gasteiger partial charge is 0.456 e. The molecular formula is C56H38N2O2. The molecule has 12 rings (SSSR count). The summed E-state index contributed by atoms with van der Waals surface area (Å²) in [6.45, 7) is 4.67. The highest BCUT2D eigenvalue weighted by molar-refractivity contribution is 6.19. The van der Waals surface area contributed by atoms with Crippen LogP contribution < -0.4 is 4.90 Å². The van der Waals surface area contributed by atoms with Crippen LogP contribution in [-0.4, -0.2) is 4.98 Å². The molecule has 4 heteroatoms. The molecule has 4 nitrogen and oxygen atoms in total. The van der Waals surface area contributed by atoms with Crippen LogP contribution in [0.3, 0.4) is 0 Å². The Bertz CT molecular complexity index is 3460. The molecule has 0 spiro atoms. The second kappa shape index (κ2) is 13.2. The topological polar surface area (TPSA) is 42.4 Å². The van der Waals surface area contributed by atoms with Crippen molar-refractivity contribution in [2.45, 2.75) is 19.3 Å². The minimum Gasteiger partial charge on any atom is -0.456 e. The van der Waals surface area contributed by atoms with Crippen LogP contribution in [0.15, 0.2) is 203 Å². The molecule has 0 atom stereocenters. The number of rotatable bonds is 6. The number of hydrogen-bond donors (Lipinski definition) is 0. The fourth-order valence-corrected chi connectivity index (χ4v) is 9.61. The van der Waals surface area contributed by atoms with Crippen LogP contribution in [0.5, 0.6) is 0 Å². The zero-order valence-corrected chi connectivity index (χ0v) is 33.2. The molecule has 9 aromatic carbocycles. The quantitative estimate of drug-likeness (QED) is 0.169. The Morgan fingerprint density at radius 2 is 1.12 bits per heavy atom. The number of aromatic nitrogens is 1. The Morgan fingerprint density at radius 1 is 0.450 bits per heavy atom. The van der Waals surface area contributed by atoms with E-state index >= 15 is 0 Å². The molecule has 1 aliphatic carbocycles. The highest BCUT2D eigenvalue weighted by Crippen LogP contribution is 2.51. The molecule has 2 aromatic heterocycles. The van der Waals surface area contributed by atoms with Gasteiger partial charge in [0.15, 0.2) is 5.58 Å². The first-order valence-corrected chi connectivity index (χ1v) is 20.5. The van der Waals surface area contributed by atoms with Crippen molar-refractivity contribution in [1.82, 2.24) is 4.98 Å². The van der Waals surface area contributed by atoms with Crippen LogP contribution in [0.1, 0.15) is 25.0 Å². The zero-order valence-electron chi connectivity index (χ0n) is 33.2. The normalized spacial score (nSPS) is 13.0. The SMILES string of the molecule is CC1(C)c2ccccc2-c2cc(N(c3ccc(-c4c5oc(-c6ccccc6)nc5cc5oc6ccccc6c45)cc3)c3cccc(-c4cccc5ccccc45)c3)ccc21. The Morgan fingerprint density at radius 3 is 2.00 bits per heavy atom. The summed E-state index contributed by atoms with van der Waals surface area (Å²) in [7, 11) is 0. The summed E-state index contributed by atoms with van der Waals surface area (Å²) in [4.78, 5) is 7.37. The van der Waals surface area contributed by atoms with Gasteiger partial charge < -0.3 is 13.7 Å². The lowest BCUT2D eigenvalue weighted by atomic mass is 9.82. The molecule has 60 heavy (non-hydrogen) atoms. The van der Waals surface area contributed by atoms with Gasteiger partial charge in [-0.1, -0.05) is 147 Å². The number of anilines is 3. The van der Waals surface area contributed by atoms with Crippen LogP contribution in [0.4, 0.5) is 17.1 Å². The summed E-state index contributed by atoms with van der Waals surface area (Å²) in [6.07, 6.45) is 0. The number of nitrogens with zero attached hydrogens (tertiary/aromatic N) is 2. The molecule has 0 aliphatic heterocycles. The van der Waals surface area contributed by atoms with Gasteiger partial charge in [0.1, 0.15) is 16.7 Å². The number of benzene rings is 9. The van der Waals surface area contributed by atoms with E-state index in [1.54, 1.807) is 0 Å². The van der Waals surface area contributed by atoms with Crippen molar-refractivity contribution in [3.63, 3.8) is 0 Å². The fraction of sp³-hybridized carbons (Fsp3) is 0.0536. The number of furan rings is 1. The van der Waals surface area contributed by atoms with E-state index in [1.165, 1.54) is 44.2 Å². The zero-order chi connectivity index (χ0) is 40.0. The summed E-state index contributed by atoms with van der Waals surface area (Å²) in [6, 6.07) is 69.1. The van der Waals surface area contributed by atoms with Crippen molar-refractivity contribution in [2.75, 3.05) is 4.90 Å². The smallest absolute Gasteiger partial charge is 0.227 e. The first-order valence-electron chi connectivity index (χ1n) is 20.5. The first-order chi connectivity index (χ1) is 29.5. The molecule has 1 aliphatic rings. The molecule has 0 amide bonds. The van der Waals surface area contributed by atoms with Gasteiger partial charge in [-0.25, -0.2) is 4.98 Å². The molecule has 0 radical (unpaired) electrons. The van der Waals surface area contributed by atoms with Crippen LogP contribution >= 0.6 is 0 Å². The molecule has 0 saturated heterocycles. The van der Waals surface area contributed by atoms with Crippen molar-refractivity contribution >= 4 is 60.9 Å². The second-order valence-electron chi connectivity index (χ2n) is 16.3. The van der Waals surface area contributed by atoms with E-state index in [0.717, 1.165) is 66.8 Å². The van der Waals surface area contributed by atoms with E-state index < -0.39 is 0 Å². The van der Waals surface area contributed by atoms with E-state index in [1.807, 2.05) is 48.5 Å². The Kier molecular flexibility index (Phi) is 7.54. The molecule has 0 N–H and O–H groups in total. The van der Waals surface area contributed by atoms with E-state index in [-0.39, 0.29) is 5.41 Å². The fourth-order valence-electron chi connectivity index (χ4n) is 9.61.